The van der Waals surface area contributed by atoms with Crippen molar-refractivity contribution in [2.75, 3.05) is 0 Å². The second-order valence-electron chi connectivity index (χ2n) is 6.06. The topological polar surface area (TPSA) is 47.3 Å². The first kappa shape index (κ1) is 17.6. The Morgan fingerprint density at radius 1 is 1.04 bits per heavy atom. The number of aromatic nitrogens is 3. The zero-order chi connectivity index (χ0) is 18.8. The van der Waals surface area contributed by atoms with Crippen molar-refractivity contribution in [2.24, 2.45) is 0 Å². The minimum Gasteiger partial charge on any atom is -0.266 e. The van der Waals surface area contributed by atoms with E-state index in [1.54, 1.807) is 6.08 Å². The van der Waals surface area contributed by atoms with E-state index in [9.17, 15) is 4.79 Å². The van der Waals surface area contributed by atoms with Crippen LogP contribution in [0.25, 0.3) is 23.2 Å². The first-order valence-corrected chi connectivity index (χ1v) is 9.76. The first-order valence-electron chi connectivity index (χ1n) is 8.56. The van der Waals surface area contributed by atoms with E-state index in [1.807, 2.05) is 48.6 Å². The number of halogens is 1. The quantitative estimate of drug-likeness (QED) is 0.524. The Balaban J connectivity index is 1.64. The summed E-state index contributed by atoms with van der Waals surface area (Å²) in [4.78, 5) is 17.6. The van der Waals surface area contributed by atoms with Gasteiger partial charge in [0.1, 0.15) is 0 Å². The van der Waals surface area contributed by atoms with E-state index < -0.39 is 0 Å². The zero-order valence-corrected chi connectivity index (χ0v) is 16.2. The molecule has 0 unspecified atom stereocenters. The van der Waals surface area contributed by atoms with E-state index in [-0.39, 0.29) is 5.56 Å². The van der Waals surface area contributed by atoms with Crippen molar-refractivity contribution in [2.45, 2.75) is 13.3 Å². The monoisotopic (exact) mass is 393 g/mol. The van der Waals surface area contributed by atoms with E-state index in [2.05, 4.69) is 29.1 Å². The Kier molecular flexibility index (Phi) is 4.88. The number of hydrogen-bond acceptors (Lipinski definition) is 4. The van der Waals surface area contributed by atoms with Gasteiger partial charge in [0, 0.05) is 5.02 Å². The van der Waals surface area contributed by atoms with Crippen LogP contribution in [-0.4, -0.2) is 14.6 Å². The van der Waals surface area contributed by atoms with E-state index in [0.29, 0.717) is 20.3 Å². The third-order valence-corrected chi connectivity index (χ3v) is 5.39. The zero-order valence-electron chi connectivity index (χ0n) is 14.6. The predicted molar refractivity (Wildman–Crippen MR) is 112 cm³/mol. The van der Waals surface area contributed by atoms with Crippen LogP contribution >= 0.6 is 22.9 Å². The molecule has 2 aromatic heterocycles. The maximum atomic E-state index is 12.6. The minimum absolute atomic E-state index is 0.145. The summed E-state index contributed by atoms with van der Waals surface area (Å²) in [6.45, 7) is 2.12. The number of benzene rings is 2. The molecule has 0 radical (unpaired) electrons. The van der Waals surface area contributed by atoms with Crippen LogP contribution in [0, 0.1) is 0 Å². The minimum atomic E-state index is -0.145. The molecule has 27 heavy (non-hydrogen) atoms. The molecule has 6 heteroatoms. The Labute approximate surface area is 165 Å². The van der Waals surface area contributed by atoms with Crippen molar-refractivity contribution < 1.29 is 0 Å². The molecular weight excluding hydrogens is 378 g/mol. The second-order valence-corrected chi connectivity index (χ2v) is 7.51. The van der Waals surface area contributed by atoms with Gasteiger partial charge in [-0.1, -0.05) is 72.3 Å². The van der Waals surface area contributed by atoms with Gasteiger partial charge in [0.2, 0.25) is 4.96 Å². The fraction of sp³-hybridized carbons (Fsp3) is 0.0952. The largest absolute Gasteiger partial charge is 0.291 e. The third-order valence-electron chi connectivity index (χ3n) is 4.18. The maximum Gasteiger partial charge on any atom is 0.291 e. The third kappa shape index (κ3) is 3.84. The lowest BCUT2D eigenvalue weighted by Gasteiger charge is -1.96. The summed E-state index contributed by atoms with van der Waals surface area (Å²) in [5.41, 5.74) is 3.11. The van der Waals surface area contributed by atoms with Crippen molar-refractivity contribution in [3.8, 4) is 0 Å². The summed E-state index contributed by atoms with van der Waals surface area (Å²) in [6.07, 6.45) is 6.56. The van der Waals surface area contributed by atoms with Crippen molar-refractivity contribution in [1.82, 2.24) is 14.6 Å². The van der Waals surface area contributed by atoms with E-state index in [1.165, 1.54) is 21.4 Å². The summed E-state index contributed by atoms with van der Waals surface area (Å²) >= 11 is 7.23. The van der Waals surface area contributed by atoms with Crippen LogP contribution in [0.4, 0.5) is 0 Å². The summed E-state index contributed by atoms with van der Waals surface area (Å²) in [5, 5.41) is 5.00. The molecule has 0 atom stereocenters. The van der Waals surface area contributed by atoms with Crippen molar-refractivity contribution in [1.29, 1.82) is 0 Å². The van der Waals surface area contributed by atoms with Gasteiger partial charge in [-0.2, -0.15) is 9.50 Å². The van der Waals surface area contributed by atoms with Gasteiger partial charge < -0.3 is 0 Å². The number of hydrogen-bond donors (Lipinski definition) is 0. The average Bonchev–Trinajstić information content (AvgIpc) is 3.21. The fourth-order valence-corrected chi connectivity index (χ4v) is 3.71. The SMILES string of the molecule is CCc1ccc(/C=c2\sc3nc(/C=C/c4ccc(Cl)cc4)nn3c2=O)cc1. The average molecular weight is 394 g/mol. The highest BCUT2D eigenvalue weighted by Crippen LogP contribution is 2.12. The molecule has 134 valence electrons. The Bertz CT molecular complexity index is 1220. The van der Waals surface area contributed by atoms with Crippen LogP contribution < -0.4 is 10.1 Å². The predicted octanol–water partition coefficient (Wildman–Crippen LogP) is 4.08. The summed E-state index contributed by atoms with van der Waals surface area (Å²) < 4.78 is 1.99. The van der Waals surface area contributed by atoms with E-state index in [4.69, 9.17) is 11.6 Å². The molecule has 4 aromatic rings. The van der Waals surface area contributed by atoms with Gasteiger partial charge >= 0.3 is 0 Å². The molecule has 0 aliphatic heterocycles. The van der Waals surface area contributed by atoms with Gasteiger partial charge in [0.25, 0.3) is 5.56 Å². The standard InChI is InChI=1S/C21H16ClN3OS/c1-2-14-3-5-16(6-4-14)13-18-20(26)25-21(27-18)23-19(24-25)12-9-15-7-10-17(22)11-8-15/h3-13H,2H2,1H3/b12-9+,18-13-. The second kappa shape index (κ2) is 7.47. The summed E-state index contributed by atoms with van der Waals surface area (Å²) in [5.74, 6) is 0.507. The Morgan fingerprint density at radius 2 is 1.74 bits per heavy atom. The van der Waals surface area contributed by atoms with Gasteiger partial charge in [0.15, 0.2) is 5.82 Å². The molecule has 0 amide bonds. The van der Waals surface area contributed by atoms with E-state index >= 15 is 0 Å². The molecule has 0 aliphatic rings. The number of aryl methyl sites for hydroxylation is 1. The number of fused-ring (bicyclic) bond motifs is 1. The molecule has 0 saturated heterocycles. The lowest BCUT2D eigenvalue weighted by atomic mass is 10.1. The van der Waals surface area contributed by atoms with Crippen molar-refractivity contribution >= 4 is 46.1 Å². The van der Waals surface area contributed by atoms with Gasteiger partial charge in [-0.3, -0.25) is 4.79 Å². The fourth-order valence-electron chi connectivity index (χ4n) is 2.67. The number of nitrogens with zero attached hydrogens (tertiary/aromatic N) is 3. The highest BCUT2D eigenvalue weighted by molar-refractivity contribution is 7.15. The molecule has 2 heterocycles. The molecule has 0 aliphatic carbocycles. The van der Waals surface area contributed by atoms with Gasteiger partial charge in [-0.05, 0) is 47.4 Å². The highest BCUT2D eigenvalue weighted by Gasteiger charge is 2.08. The van der Waals surface area contributed by atoms with Crippen LogP contribution in [0.5, 0.6) is 0 Å². The number of rotatable bonds is 4. The van der Waals surface area contributed by atoms with Crippen molar-refractivity contribution in [3.05, 3.63) is 91.0 Å². The first-order chi connectivity index (χ1) is 13.1. The molecule has 4 nitrogen and oxygen atoms in total. The van der Waals surface area contributed by atoms with Crippen molar-refractivity contribution in [3.63, 3.8) is 0 Å². The van der Waals surface area contributed by atoms with Crippen LogP contribution in [0.2, 0.25) is 5.02 Å². The lowest BCUT2D eigenvalue weighted by Crippen LogP contribution is -2.23. The van der Waals surface area contributed by atoms with Crippen LogP contribution in [0.1, 0.15) is 29.4 Å². The van der Waals surface area contributed by atoms with Gasteiger partial charge in [0.05, 0.1) is 4.53 Å². The van der Waals surface area contributed by atoms with Crippen LogP contribution in [0.15, 0.2) is 53.3 Å². The number of thiazole rings is 1. The van der Waals surface area contributed by atoms with E-state index in [0.717, 1.165) is 17.5 Å². The molecule has 0 bridgehead atoms. The smallest absolute Gasteiger partial charge is 0.266 e. The Morgan fingerprint density at radius 3 is 2.41 bits per heavy atom. The maximum absolute atomic E-state index is 12.6. The van der Waals surface area contributed by atoms with Crippen LogP contribution in [-0.2, 0) is 6.42 Å². The van der Waals surface area contributed by atoms with Gasteiger partial charge in [-0.15, -0.1) is 5.10 Å². The normalized spacial score (nSPS) is 12.4. The van der Waals surface area contributed by atoms with Crippen LogP contribution in [0.3, 0.4) is 0 Å². The lowest BCUT2D eigenvalue weighted by molar-refractivity contribution is 0.925. The highest BCUT2D eigenvalue weighted by atomic mass is 35.5. The summed E-state index contributed by atoms with van der Waals surface area (Å²) in [7, 11) is 0. The molecular formula is C21H16ClN3OS. The molecule has 0 spiro atoms. The molecule has 2 aromatic carbocycles. The molecule has 4 rings (SSSR count). The summed E-state index contributed by atoms with van der Waals surface area (Å²) in [6, 6.07) is 15.7. The molecule has 0 saturated carbocycles. The Hall–Kier alpha value is -2.76. The molecule has 0 N–H and O–H groups in total. The molecule has 0 fully saturated rings. The van der Waals surface area contributed by atoms with Gasteiger partial charge in [-0.25, -0.2) is 0 Å².